The number of nitrogens with one attached hydrogen (secondary N) is 2. The van der Waals surface area contributed by atoms with E-state index in [4.69, 9.17) is 0 Å². The third-order valence-electron chi connectivity index (χ3n) is 2.46. The predicted octanol–water partition coefficient (Wildman–Crippen LogP) is 1.29. The number of hydrogen-bond donors (Lipinski definition) is 2. The molecule has 4 heteroatoms. The number of H-pyrrole nitrogens is 2. The lowest BCUT2D eigenvalue weighted by Gasteiger charge is -2.05. The van der Waals surface area contributed by atoms with Gasteiger partial charge in [-0.15, -0.1) is 0 Å². The van der Waals surface area contributed by atoms with E-state index in [0.717, 1.165) is 5.56 Å². The highest BCUT2D eigenvalue weighted by Gasteiger charge is 2.08. The van der Waals surface area contributed by atoms with Crippen LogP contribution in [0.15, 0.2) is 39.9 Å². The Hall–Kier alpha value is -2.10. The lowest BCUT2D eigenvalue weighted by molar-refractivity contribution is 0.967. The summed E-state index contributed by atoms with van der Waals surface area (Å²) in [7, 11) is 0. The second-order valence-corrected chi connectivity index (χ2v) is 3.48. The van der Waals surface area contributed by atoms with Crippen LogP contribution >= 0.6 is 0 Å². The van der Waals surface area contributed by atoms with Gasteiger partial charge >= 0.3 is 5.69 Å². The fraction of sp³-hybridized carbons (Fsp3) is 0.167. The van der Waals surface area contributed by atoms with E-state index in [0.29, 0.717) is 17.7 Å². The molecule has 0 fully saturated rings. The summed E-state index contributed by atoms with van der Waals surface area (Å²) < 4.78 is 0. The Balaban J connectivity index is 2.74. The number of benzene rings is 1. The number of aromatic nitrogens is 2. The third-order valence-corrected chi connectivity index (χ3v) is 2.46. The minimum absolute atomic E-state index is 0.315. The van der Waals surface area contributed by atoms with Crippen LogP contribution in [-0.4, -0.2) is 9.97 Å². The molecule has 1 aromatic heterocycles. The normalized spacial score (nSPS) is 10.3. The molecule has 0 spiro atoms. The van der Waals surface area contributed by atoms with E-state index in [9.17, 15) is 9.59 Å². The molecule has 0 atom stereocenters. The molecule has 0 saturated heterocycles. The highest BCUT2D eigenvalue weighted by Crippen LogP contribution is 2.17. The van der Waals surface area contributed by atoms with E-state index in [1.165, 1.54) is 0 Å². The highest BCUT2D eigenvalue weighted by molar-refractivity contribution is 5.62. The van der Waals surface area contributed by atoms with Crippen LogP contribution in [-0.2, 0) is 6.42 Å². The van der Waals surface area contributed by atoms with Crippen molar-refractivity contribution in [2.45, 2.75) is 13.3 Å². The molecule has 2 rings (SSSR count). The summed E-state index contributed by atoms with van der Waals surface area (Å²) >= 11 is 0. The molecule has 4 nitrogen and oxygen atoms in total. The largest absolute Gasteiger partial charge is 0.326 e. The molecule has 0 aliphatic rings. The van der Waals surface area contributed by atoms with Gasteiger partial charge in [0.1, 0.15) is 0 Å². The van der Waals surface area contributed by atoms with Gasteiger partial charge in [-0.05, 0) is 12.0 Å². The third kappa shape index (κ3) is 1.82. The van der Waals surface area contributed by atoms with Crippen molar-refractivity contribution >= 4 is 0 Å². The number of aromatic amines is 2. The van der Waals surface area contributed by atoms with Gasteiger partial charge in [0.2, 0.25) is 0 Å². The Morgan fingerprint density at radius 1 is 1.06 bits per heavy atom. The van der Waals surface area contributed by atoms with Crippen LogP contribution in [0.4, 0.5) is 0 Å². The Morgan fingerprint density at radius 3 is 2.38 bits per heavy atom. The fourth-order valence-electron chi connectivity index (χ4n) is 1.70. The SMILES string of the molecule is CCc1c(-c2ccccc2)[nH]c(=O)[nH]c1=O. The summed E-state index contributed by atoms with van der Waals surface area (Å²) in [6, 6.07) is 9.36. The van der Waals surface area contributed by atoms with Crippen molar-refractivity contribution in [3.8, 4) is 11.3 Å². The molecule has 2 N–H and O–H groups in total. The lowest BCUT2D eigenvalue weighted by Crippen LogP contribution is -2.26. The highest BCUT2D eigenvalue weighted by atomic mass is 16.2. The quantitative estimate of drug-likeness (QED) is 0.794. The van der Waals surface area contributed by atoms with Crippen molar-refractivity contribution in [3.05, 3.63) is 56.7 Å². The molecule has 0 aliphatic heterocycles. The van der Waals surface area contributed by atoms with Crippen LogP contribution in [0.5, 0.6) is 0 Å². The summed E-state index contributed by atoms with van der Waals surface area (Å²) in [6.45, 7) is 1.88. The van der Waals surface area contributed by atoms with E-state index in [1.54, 1.807) is 0 Å². The zero-order chi connectivity index (χ0) is 11.5. The first-order chi connectivity index (χ1) is 7.72. The van der Waals surface area contributed by atoms with Crippen molar-refractivity contribution in [2.75, 3.05) is 0 Å². The van der Waals surface area contributed by atoms with Gasteiger partial charge in [0.15, 0.2) is 0 Å². The Labute approximate surface area is 92.0 Å². The van der Waals surface area contributed by atoms with Crippen molar-refractivity contribution < 1.29 is 0 Å². The topological polar surface area (TPSA) is 65.7 Å². The van der Waals surface area contributed by atoms with Crippen LogP contribution in [0, 0.1) is 0 Å². The molecule has 0 amide bonds. The molecular weight excluding hydrogens is 204 g/mol. The molecule has 0 radical (unpaired) electrons. The van der Waals surface area contributed by atoms with Gasteiger partial charge in [-0.1, -0.05) is 37.3 Å². The summed E-state index contributed by atoms with van der Waals surface area (Å²) in [5.74, 6) is 0. The first kappa shape index (κ1) is 10.4. The molecule has 0 bridgehead atoms. The molecule has 1 heterocycles. The number of rotatable bonds is 2. The predicted molar refractivity (Wildman–Crippen MR) is 62.5 cm³/mol. The maximum atomic E-state index is 11.6. The summed E-state index contributed by atoms with van der Waals surface area (Å²) in [6.07, 6.45) is 0.580. The second kappa shape index (κ2) is 4.18. The van der Waals surface area contributed by atoms with Crippen molar-refractivity contribution in [1.82, 2.24) is 9.97 Å². The molecular formula is C12H12N2O2. The van der Waals surface area contributed by atoms with Crippen molar-refractivity contribution in [3.63, 3.8) is 0 Å². The van der Waals surface area contributed by atoms with Gasteiger partial charge in [-0.25, -0.2) is 4.79 Å². The van der Waals surface area contributed by atoms with Crippen LogP contribution in [0.2, 0.25) is 0 Å². The van der Waals surface area contributed by atoms with Crippen LogP contribution in [0.25, 0.3) is 11.3 Å². The zero-order valence-corrected chi connectivity index (χ0v) is 8.91. The van der Waals surface area contributed by atoms with E-state index in [1.807, 2.05) is 37.3 Å². The standard InChI is InChI=1S/C12H12N2O2/c1-2-9-10(8-6-4-3-5-7-8)13-12(16)14-11(9)15/h3-7H,2H2,1H3,(H2,13,14,15,16). The average Bonchev–Trinajstić information content (AvgIpc) is 2.29. The summed E-state index contributed by atoms with van der Waals surface area (Å²) in [5, 5.41) is 0. The van der Waals surface area contributed by atoms with Crippen molar-refractivity contribution in [2.24, 2.45) is 0 Å². The molecule has 16 heavy (non-hydrogen) atoms. The molecule has 1 aromatic carbocycles. The van der Waals surface area contributed by atoms with Crippen LogP contribution < -0.4 is 11.2 Å². The molecule has 0 unspecified atom stereocenters. The zero-order valence-electron chi connectivity index (χ0n) is 8.91. The smallest absolute Gasteiger partial charge is 0.307 e. The first-order valence-corrected chi connectivity index (χ1v) is 5.13. The Bertz CT molecular complexity index is 596. The Kier molecular flexibility index (Phi) is 2.72. The van der Waals surface area contributed by atoms with Gasteiger partial charge in [0.25, 0.3) is 5.56 Å². The van der Waals surface area contributed by atoms with Gasteiger partial charge < -0.3 is 4.98 Å². The van der Waals surface area contributed by atoms with E-state index in [-0.39, 0.29) is 5.56 Å². The van der Waals surface area contributed by atoms with Crippen molar-refractivity contribution in [1.29, 1.82) is 0 Å². The maximum absolute atomic E-state index is 11.6. The summed E-state index contributed by atoms with van der Waals surface area (Å²) in [5.41, 5.74) is 1.27. The lowest BCUT2D eigenvalue weighted by atomic mass is 10.1. The van der Waals surface area contributed by atoms with Gasteiger partial charge in [-0.2, -0.15) is 0 Å². The fourth-order valence-corrected chi connectivity index (χ4v) is 1.70. The minimum Gasteiger partial charge on any atom is -0.307 e. The van der Waals surface area contributed by atoms with Crippen LogP contribution in [0.3, 0.4) is 0 Å². The minimum atomic E-state index is -0.471. The molecule has 0 saturated carbocycles. The Morgan fingerprint density at radius 2 is 1.75 bits per heavy atom. The molecule has 0 aliphatic carbocycles. The van der Waals surface area contributed by atoms with Gasteiger partial charge in [-0.3, -0.25) is 9.78 Å². The van der Waals surface area contributed by atoms with E-state index < -0.39 is 5.69 Å². The molecule has 2 aromatic rings. The van der Waals surface area contributed by atoms with E-state index >= 15 is 0 Å². The molecule has 82 valence electrons. The maximum Gasteiger partial charge on any atom is 0.326 e. The average molecular weight is 216 g/mol. The summed E-state index contributed by atoms with van der Waals surface area (Å²) in [4.78, 5) is 27.7. The van der Waals surface area contributed by atoms with Gasteiger partial charge in [0, 0.05) is 5.56 Å². The van der Waals surface area contributed by atoms with Gasteiger partial charge in [0.05, 0.1) is 5.69 Å². The van der Waals surface area contributed by atoms with E-state index in [2.05, 4.69) is 9.97 Å². The first-order valence-electron chi connectivity index (χ1n) is 5.13. The number of hydrogen-bond acceptors (Lipinski definition) is 2. The second-order valence-electron chi connectivity index (χ2n) is 3.48. The van der Waals surface area contributed by atoms with Crippen LogP contribution in [0.1, 0.15) is 12.5 Å². The monoisotopic (exact) mass is 216 g/mol.